The summed E-state index contributed by atoms with van der Waals surface area (Å²) < 4.78 is 0. The van der Waals surface area contributed by atoms with Crippen LogP contribution in [0.3, 0.4) is 0 Å². The van der Waals surface area contributed by atoms with Crippen LogP contribution in [-0.2, 0) is 6.42 Å². The van der Waals surface area contributed by atoms with Crippen LogP contribution < -0.4 is 0 Å². The molecule has 0 aromatic heterocycles. The third-order valence-corrected chi connectivity index (χ3v) is 2.60. The summed E-state index contributed by atoms with van der Waals surface area (Å²) >= 11 is 0. The van der Waals surface area contributed by atoms with Crippen molar-refractivity contribution in [3.8, 4) is 0 Å². The van der Waals surface area contributed by atoms with Crippen LogP contribution in [0.1, 0.15) is 22.8 Å². The monoisotopic (exact) mass is 200 g/mol. The molecule has 0 aliphatic heterocycles. The molecule has 0 atom stereocenters. The van der Waals surface area contributed by atoms with Crippen LogP contribution >= 0.6 is 0 Å². The van der Waals surface area contributed by atoms with Gasteiger partial charge in [0.05, 0.1) is 5.56 Å². The van der Waals surface area contributed by atoms with Crippen LogP contribution in [0.25, 0.3) is 10.8 Å². The van der Waals surface area contributed by atoms with E-state index in [2.05, 4.69) is 0 Å². The Bertz CT molecular complexity index is 510. The van der Waals surface area contributed by atoms with Gasteiger partial charge < -0.3 is 5.11 Å². The Morgan fingerprint density at radius 3 is 2.47 bits per heavy atom. The fraction of sp³-hybridized carbons (Fsp3) is 0.154. The molecule has 0 fully saturated rings. The van der Waals surface area contributed by atoms with Crippen LogP contribution in [0.2, 0.25) is 0 Å². The summed E-state index contributed by atoms with van der Waals surface area (Å²) in [5.41, 5.74) is 1.48. The Balaban J connectivity index is 2.87. The molecule has 0 spiro atoms. The van der Waals surface area contributed by atoms with Crippen LogP contribution in [0.4, 0.5) is 0 Å². The second-order valence-corrected chi connectivity index (χ2v) is 3.48. The maximum atomic E-state index is 11.1. The molecule has 15 heavy (non-hydrogen) atoms. The van der Waals surface area contributed by atoms with Gasteiger partial charge in [-0.05, 0) is 28.8 Å². The van der Waals surface area contributed by atoms with Gasteiger partial charge in [0.2, 0.25) is 0 Å². The van der Waals surface area contributed by atoms with E-state index in [0.717, 1.165) is 22.8 Å². The summed E-state index contributed by atoms with van der Waals surface area (Å²) in [6.45, 7) is 2.04. The molecule has 2 aromatic rings. The van der Waals surface area contributed by atoms with Crippen molar-refractivity contribution in [2.75, 3.05) is 0 Å². The molecule has 2 rings (SSSR count). The van der Waals surface area contributed by atoms with Crippen LogP contribution in [0.15, 0.2) is 36.4 Å². The minimum Gasteiger partial charge on any atom is -0.478 e. The summed E-state index contributed by atoms with van der Waals surface area (Å²) in [5.74, 6) is -0.860. The lowest BCUT2D eigenvalue weighted by Crippen LogP contribution is -1.99. The van der Waals surface area contributed by atoms with E-state index in [-0.39, 0.29) is 0 Å². The van der Waals surface area contributed by atoms with Crippen molar-refractivity contribution in [1.29, 1.82) is 0 Å². The molecule has 0 heterocycles. The summed E-state index contributed by atoms with van der Waals surface area (Å²) in [6, 6.07) is 11.3. The summed E-state index contributed by atoms with van der Waals surface area (Å²) in [6.07, 6.45) is 0.849. The first kappa shape index (κ1) is 9.71. The Labute approximate surface area is 88.2 Å². The third-order valence-electron chi connectivity index (χ3n) is 2.60. The highest BCUT2D eigenvalue weighted by Crippen LogP contribution is 2.23. The molecule has 0 amide bonds. The van der Waals surface area contributed by atoms with Crippen molar-refractivity contribution in [3.05, 3.63) is 47.5 Å². The molecule has 76 valence electrons. The zero-order valence-electron chi connectivity index (χ0n) is 8.53. The average Bonchev–Trinajstić information content (AvgIpc) is 2.27. The van der Waals surface area contributed by atoms with E-state index in [0.29, 0.717) is 5.56 Å². The molecule has 0 saturated heterocycles. The van der Waals surface area contributed by atoms with Gasteiger partial charge in [-0.3, -0.25) is 0 Å². The molecule has 2 nitrogen and oxygen atoms in total. The average molecular weight is 200 g/mol. The maximum Gasteiger partial charge on any atom is 0.336 e. The van der Waals surface area contributed by atoms with Crippen LogP contribution in [-0.4, -0.2) is 11.1 Å². The Morgan fingerprint density at radius 1 is 1.20 bits per heavy atom. The first-order valence-electron chi connectivity index (χ1n) is 4.98. The highest BCUT2D eigenvalue weighted by molar-refractivity contribution is 6.05. The Kier molecular flexibility index (Phi) is 2.42. The quantitative estimate of drug-likeness (QED) is 0.808. The van der Waals surface area contributed by atoms with Crippen molar-refractivity contribution in [3.63, 3.8) is 0 Å². The minimum absolute atomic E-state index is 0.393. The summed E-state index contributed by atoms with van der Waals surface area (Å²) in [4.78, 5) is 11.1. The molecule has 0 unspecified atom stereocenters. The van der Waals surface area contributed by atoms with Gasteiger partial charge in [-0.15, -0.1) is 0 Å². The normalized spacial score (nSPS) is 10.5. The number of hydrogen-bond acceptors (Lipinski definition) is 1. The SMILES string of the molecule is CCc1cccc2cccc(C(=O)O)c12. The van der Waals surface area contributed by atoms with Gasteiger partial charge in [-0.2, -0.15) is 0 Å². The second kappa shape index (κ2) is 3.73. The fourth-order valence-corrected chi connectivity index (χ4v) is 1.89. The van der Waals surface area contributed by atoms with Gasteiger partial charge in [0.25, 0.3) is 0 Å². The van der Waals surface area contributed by atoms with Gasteiger partial charge >= 0.3 is 5.97 Å². The molecule has 2 aromatic carbocycles. The Hall–Kier alpha value is -1.83. The highest BCUT2D eigenvalue weighted by Gasteiger charge is 2.10. The number of benzene rings is 2. The van der Waals surface area contributed by atoms with E-state index < -0.39 is 5.97 Å². The maximum absolute atomic E-state index is 11.1. The van der Waals surface area contributed by atoms with Gasteiger partial charge in [0.1, 0.15) is 0 Å². The van der Waals surface area contributed by atoms with Crippen molar-refractivity contribution in [1.82, 2.24) is 0 Å². The molecule has 1 N–H and O–H groups in total. The number of hydrogen-bond donors (Lipinski definition) is 1. The summed E-state index contributed by atoms with van der Waals surface area (Å²) in [7, 11) is 0. The predicted octanol–water partition coefficient (Wildman–Crippen LogP) is 3.10. The number of carbonyl (C=O) groups is 1. The van der Waals surface area contributed by atoms with Crippen molar-refractivity contribution in [2.45, 2.75) is 13.3 Å². The molecule has 0 aliphatic carbocycles. The highest BCUT2D eigenvalue weighted by atomic mass is 16.4. The first-order chi connectivity index (χ1) is 7.24. The van der Waals surface area contributed by atoms with Crippen LogP contribution in [0, 0.1) is 0 Å². The molecular formula is C13H12O2. The number of rotatable bonds is 2. The zero-order chi connectivity index (χ0) is 10.8. The minimum atomic E-state index is -0.860. The zero-order valence-corrected chi connectivity index (χ0v) is 8.53. The molecular weight excluding hydrogens is 188 g/mol. The first-order valence-corrected chi connectivity index (χ1v) is 4.98. The smallest absolute Gasteiger partial charge is 0.336 e. The number of carboxylic acid groups (broad SMARTS) is 1. The molecule has 0 aliphatic rings. The second-order valence-electron chi connectivity index (χ2n) is 3.48. The van der Waals surface area contributed by atoms with E-state index in [1.165, 1.54) is 0 Å². The van der Waals surface area contributed by atoms with E-state index in [1.807, 2.05) is 31.2 Å². The number of fused-ring (bicyclic) bond motifs is 1. The van der Waals surface area contributed by atoms with E-state index in [4.69, 9.17) is 5.11 Å². The molecule has 0 radical (unpaired) electrons. The third kappa shape index (κ3) is 1.59. The lowest BCUT2D eigenvalue weighted by molar-refractivity contribution is 0.0699. The fourth-order valence-electron chi connectivity index (χ4n) is 1.89. The molecule has 0 bridgehead atoms. The predicted molar refractivity (Wildman–Crippen MR) is 60.3 cm³/mol. The van der Waals surface area contributed by atoms with Crippen molar-refractivity contribution in [2.24, 2.45) is 0 Å². The van der Waals surface area contributed by atoms with Crippen molar-refractivity contribution >= 4 is 16.7 Å². The van der Waals surface area contributed by atoms with Crippen LogP contribution in [0.5, 0.6) is 0 Å². The summed E-state index contributed by atoms with van der Waals surface area (Å²) in [5, 5.41) is 11.0. The number of carboxylic acids is 1. The van der Waals surface area contributed by atoms with Gasteiger partial charge in [0, 0.05) is 0 Å². The molecule has 0 saturated carbocycles. The standard InChI is InChI=1S/C13H12O2/c1-2-9-5-3-6-10-7-4-8-11(12(9)10)13(14)15/h3-8H,2H2,1H3,(H,14,15). The largest absolute Gasteiger partial charge is 0.478 e. The lowest BCUT2D eigenvalue weighted by Gasteiger charge is -2.07. The number of aromatic carboxylic acids is 1. The molecule has 2 heteroatoms. The van der Waals surface area contributed by atoms with E-state index >= 15 is 0 Å². The van der Waals surface area contributed by atoms with E-state index in [1.54, 1.807) is 12.1 Å². The topological polar surface area (TPSA) is 37.3 Å². The number of aryl methyl sites for hydroxylation is 1. The Morgan fingerprint density at radius 2 is 1.87 bits per heavy atom. The van der Waals surface area contributed by atoms with Crippen molar-refractivity contribution < 1.29 is 9.90 Å². The lowest BCUT2D eigenvalue weighted by atomic mass is 9.98. The van der Waals surface area contributed by atoms with Gasteiger partial charge in [-0.25, -0.2) is 4.79 Å². The van der Waals surface area contributed by atoms with E-state index in [9.17, 15) is 4.79 Å². The van der Waals surface area contributed by atoms with Gasteiger partial charge in [-0.1, -0.05) is 37.3 Å². The van der Waals surface area contributed by atoms with Gasteiger partial charge in [0.15, 0.2) is 0 Å².